The molecule has 1 aliphatic rings. The van der Waals surface area contributed by atoms with E-state index in [-0.39, 0.29) is 5.82 Å². The number of hydrogen-bond donors (Lipinski definition) is 1. The predicted molar refractivity (Wildman–Crippen MR) is 79.5 cm³/mol. The van der Waals surface area contributed by atoms with Crippen LogP contribution >= 0.6 is 0 Å². The number of hydrogen-bond acceptors (Lipinski definition) is 2. The molecule has 1 atom stereocenters. The first-order valence-electron chi connectivity index (χ1n) is 7.29. The molecule has 0 aromatic heterocycles. The van der Waals surface area contributed by atoms with Crippen LogP contribution in [0.3, 0.4) is 0 Å². The maximum atomic E-state index is 13.5. The Balaban J connectivity index is 2.03. The van der Waals surface area contributed by atoms with Gasteiger partial charge in [-0.1, -0.05) is 42.5 Å². The Labute approximate surface area is 124 Å². The van der Waals surface area contributed by atoms with E-state index in [0.717, 1.165) is 18.4 Å². The molecule has 1 heterocycles. The molecule has 1 fully saturated rings. The minimum absolute atomic E-state index is 0.318. The molecule has 21 heavy (non-hydrogen) atoms. The van der Waals surface area contributed by atoms with Gasteiger partial charge in [0.1, 0.15) is 5.82 Å². The fourth-order valence-electron chi connectivity index (χ4n) is 3.22. The first kappa shape index (κ1) is 14.2. The van der Waals surface area contributed by atoms with E-state index in [0.29, 0.717) is 18.8 Å². The Kier molecular flexibility index (Phi) is 4.04. The maximum Gasteiger partial charge on any atom is 0.123 e. The molecule has 0 radical (unpaired) electrons. The maximum absolute atomic E-state index is 13.5. The van der Waals surface area contributed by atoms with Crippen LogP contribution in [0.25, 0.3) is 0 Å². The van der Waals surface area contributed by atoms with Crippen molar-refractivity contribution in [2.75, 3.05) is 13.2 Å². The molecule has 0 amide bonds. The Bertz CT molecular complexity index is 591. The second-order valence-electron chi connectivity index (χ2n) is 5.59. The van der Waals surface area contributed by atoms with E-state index in [1.807, 2.05) is 30.3 Å². The lowest BCUT2D eigenvalue weighted by molar-refractivity contribution is -0.0171. The van der Waals surface area contributed by atoms with Crippen LogP contribution in [0.5, 0.6) is 0 Å². The van der Waals surface area contributed by atoms with Gasteiger partial charge in [-0.25, -0.2) is 4.39 Å². The molecule has 1 N–H and O–H groups in total. The molecule has 2 aromatic carbocycles. The van der Waals surface area contributed by atoms with Gasteiger partial charge in [-0.3, -0.25) is 0 Å². The number of halogens is 1. The summed E-state index contributed by atoms with van der Waals surface area (Å²) in [5.74, 6) is -0.318. The molecule has 2 nitrogen and oxygen atoms in total. The van der Waals surface area contributed by atoms with E-state index in [9.17, 15) is 9.50 Å². The summed E-state index contributed by atoms with van der Waals surface area (Å²) in [6.07, 6.45) is 0.725. The largest absolute Gasteiger partial charge is 0.387 e. The third kappa shape index (κ3) is 2.71. The smallest absolute Gasteiger partial charge is 0.123 e. The molecule has 0 aliphatic carbocycles. The summed E-state index contributed by atoms with van der Waals surface area (Å²) in [4.78, 5) is 0. The zero-order valence-corrected chi connectivity index (χ0v) is 11.8. The van der Waals surface area contributed by atoms with Gasteiger partial charge < -0.3 is 9.84 Å². The average molecular weight is 286 g/mol. The fourth-order valence-corrected chi connectivity index (χ4v) is 3.22. The highest BCUT2D eigenvalue weighted by atomic mass is 19.1. The van der Waals surface area contributed by atoms with Gasteiger partial charge >= 0.3 is 0 Å². The summed E-state index contributed by atoms with van der Waals surface area (Å²) < 4.78 is 19.0. The Morgan fingerprint density at radius 2 is 1.71 bits per heavy atom. The summed E-state index contributed by atoms with van der Waals surface area (Å²) in [7, 11) is 0. The molecule has 110 valence electrons. The van der Waals surface area contributed by atoms with Gasteiger partial charge in [0.15, 0.2) is 0 Å². The number of ether oxygens (including phenoxy) is 1. The SMILES string of the molecule is OC(c1cccc(F)c1)C1(c2ccccc2)CCOCC1. The molecule has 3 rings (SSSR count). The molecule has 0 spiro atoms. The number of aliphatic hydroxyl groups excluding tert-OH is 1. The van der Waals surface area contributed by atoms with Crippen molar-refractivity contribution in [3.05, 3.63) is 71.5 Å². The molecule has 1 aliphatic heterocycles. The topological polar surface area (TPSA) is 29.5 Å². The Hall–Kier alpha value is -1.71. The first-order chi connectivity index (χ1) is 10.2. The normalized spacial score (nSPS) is 19.1. The van der Waals surface area contributed by atoms with Gasteiger partial charge in [0.25, 0.3) is 0 Å². The van der Waals surface area contributed by atoms with Crippen molar-refractivity contribution >= 4 is 0 Å². The highest BCUT2D eigenvalue weighted by molar-refractivity contribution is 5.33. The van der Waals surface area contributed by atoms with Crippen molar-refractivity contribution in [3.63, 3.8) is 0 Å². The standard InChI is InChI=1S/C18H19FO2/c19-16-8-4-5-14(13-16)17(20)18(9-11-21-12-10-18)15-6-2-1-3-7-15/h1-8,13,17,20H,9-12H2. The van der Waals surface area contributed by atoms with E-state index in [4.69, 9.17) is 4.74 Å². The highest BCUT2D eigenvalue weighted by Gasteiger charge is 2.41. The van der Waals surface area contributed by atoms with Crippen LogP contribution < -0.4 is 0 Å². The van der Waals surface area contributed by atoms with E-state index < -0.39 is 11.5 Å². The second kappa shape index (κ2) is 5.96. The summed E-state index contributed by atoms with van der Waals surface area (Å²) >= 11 is 0. The second-order valence-corrected chi connectivity index (χ2v) is 5.59. The Morgan fingerprint density at radius 3 is 2.38 bits per heavy atom. The molecule has 0 bridgehead atoms. The van der Waals surface area contributed by atoms with Crippen molar-refractivity contribution in [2.24, 2.45) is 0 Å². The minimum atomic E-state index is -0.737. The lowest BCUT2D eigenvalue weighted by Crippen LogP contribution is -2.39. The van der Waals surface area contributed by atoms with Crippen LogP contribution in [0, 0.1) is 5.82 Å². The Morgan fingerprint density at radius 1 is 1.00 bits per heavy atom. The van der Waals surface area contributed by atoms with Gasteiger partial charge in [-0.05, 0) is 36.1 Å². The fraction of sp³-hybridized carbons (Fsp3) is 0.333. The van der Waals surface area contributed by atoms with Crippen LogP contribution in [-0.2, 0) is 10.2 Å². The summed E-state index contributed by atoms with van der Waals surface area (Å²) in [6.45, 7) is 1.22. The van der Waals surface area contributed by atoms with Crippen LogP contribution in [0.1, 0.15) is 30.1 Å². The molecule has 1 saturated heterocycles. The van der Waals surface area contributed by atoms with Crippen LogP contribution in [-0.4, -0.2) is 18.3 Å². The number of rotatable bonds is 3. The third-order valence-corrected chi connectivity index (χ3v) is 4.42. The van der Waals surface area contributed by atoms with Gasteiger partial charge in [0.05, 0.1) is 6.10 Å². The van der Waals surface area contributed by atoms with Gasteiger partial charge in [-0.2, -0.15) is 0 Å². The molecule has 3 heteroatoms. The quantitative estimate of drug-likeness (QED) is 0.934. The van der Waals surface area contributed by atoms with Gasteiger partial charge in [0.2, 0.25) is 0 Å². The number of benzene rings is 2. The van der Waals surface area contributed by atoms with Gasteiger partial charge in [0, 0.05) is 18.6 Å². The molecule has 1 unspecified atom stereocenters. The van der Waals surface area contributed by atoms with Crippen LogP contribution in [0.2, 0.25) is 0 Å². The summed E-state index contributed by atoms with van der Waals surface area (Å²) in [5.41, 5.74) is 1.30. The van der Waals surface area contributed by atoms with Crippen molar-refractivity contribution in [1.29, 1.82) is 0 Å². The zero-order valence-electron chi connectivity index (χ0n) is 11.8. The molecule has 0 saturated carbocycles. The number of aliphatic hydroxyl groups is 1. The van der Waals surface area contributed by atoms with Crippen LogP contribution in [0.4, 0.5) is 4.39 Å². The lowest BCUT2D eigenvalue weighted by Gasteiger charge is -2.41. The van der Waals surface area contributed by atoms with E-state index in [1.165, 1.54) is 12.1 Å². The van der Waals surface area contributed by atoms with Crippen molar-refractivity contribution in [1.82, 2.24) is 0 Å². The average Bonchev–Trinajstić information content (AvgIpc) is 2.55. The molecular formula is C18H19FO2. The molecular weight excluding hydrogens is 267 g/mol. The predicted octanol–water partition coefficient (Wildman–Crippen LogP) is 3.61. The summed E-state index contributed by atoms with van der Waals surface area (Å²) in [6, 6.07) is 16.2. The van der Waals surface area contributed by atoms with Crippen molar-refractivity contribution < 1.29 is 14.2 Å². The highest BCUT2D eigenvalue weighted by Crippen LogP contribution is 2.45. The van der Waals surface area contributed by atoms with E-state index in [2.05, 4.69) is 0 Å². The first-order valence-corrected chi connectivity index (χ1v) is 7.29. The zero-order chi connectivity index (χ0) is 14.7. The van der Waals surface area contributed by atoms with Crippen molar-refractivity contribution in [3.8, 4) is 0 Å². The lowest BCUT2D eigenvalue weighted by atomic mass is 9.68. The van der Waals surface area contributed by atoms with Crippen LogP contribution in [0.15, 0.2) is 54.6 Å². The van der Waals surface area contributed by atoms with Gasteiger partial charge in [-0.15, -0.1) is 0 Å². The minimum Gasteiger partial charge on any atom is -0.387 e. The van der Waals surface area contributed by atoms with Crippen molar-refractivity contribution in [2.45, 2.75) is 24.4 Å². The van der Waals surface area contributed by atoms with E-state index >= 15 is 0 Å². The van der Waals surface area contributed by atoms with E-state index in [1.54, 1.807) is 12.1 Å². The third-order valence-electron chi connectivity index (χ3n) is 4.42. The summed E-state index contributed by atoms with van der Waals surface area (Å²) in [5, 5.41) is 11.0. The monoisotopic (exact) mass is 286 g/mol. The molecule has 2 aromatic rings.